The van der Waals surface area contributed by atoms with Crippen molar-refractivity contribution in [3.8, 4) is 0 Å². The molecular weight excluding hydrogens is 410 g/mol. The Morgan fingerprint density at radius 1 is 1.16 bits per heavy atom. The van der Waals surface area contributed by atoms with E-state index >= 15 is 0 Å². The molecule has 2 unspecified atom stereocenters. The summed E-state index contributed by atoms with van der Waals surface area (Å²) in [5, 5.41) is 15.1. The van der Waals surface area contributed by atoms with Crippen molar-refractivity contribution in [3.05, 3.63) is 42.0 Å². The van der Waals surface area contributed by atoms with E-state index in [-0.39, 0.29) is 11.9 Å². The van der Waals surface area contributed by atoms with Crippen LogP contribution in [-0.4, -0.2) is 58.2 Å². The van der Waals surface area contributed by atoms with Crippen molar-refractivity contribution in [2.24, 2.45) is 0 Å². The van der Waals surface area contributed by atoms with Crippen LogP contribution in [0.2, 0.25) is 0 Å². The predicted octanol–water partition coefficient (Wildman–Crippen LogP) is 3.02. The Balaban J connectivity index is 3.39. The fourth-order valence-electron chi connectivity index (χ4n) is 3.15. The summed E-state index contributed by atoms with van der Waals surface area (Å²) in [6.07, 6.45) is 0.827. The number of carbonyl (C=O) groups is 3. The van der Waals surface area contributed by atoms with Gasteiger partial charge in [0.15, 0.2) is 0 Å². The first-order valence-corrected chi connectivity index (χ1v) is 10.8. The molecular formula is C24H37N3O5. The van der Waals surface area contributed by atoms with Gasteiger partial charge in [-0.1, -0.05) is 30.9 Å². The van der Waals surface area contributed by atoms with Gasteiger partial charge in [-0.05, 0) is 65.7 Å². The first-order chi connectivity index (χ1) is 14.8. The molecule has 1 aromatic rings. The molecule has 0 radical (unpaired) electrons. The molecule has 0 aliphatic rings. The number of rotatable bonds is 9. The maximum atomic E-state index is 13.5. The number of hydrogen-bond donors (Lipinski definition) is 3. The van der Waals surface area contributed by atoms with Gasteiger partial charge in [0.25, 0.3) is 0 Å². The van der Waals surface area contributed by atoms with E-state index in [1.807, 2.05) is 19.9 Å². The molecule has 0 aliphatic heterocycles. The molecule has 0 fully saturated rings. The largest absolute Gasteiger partial charge is 0.444 e. The minimum absolute atomic E-state index is 0.148. The van der Waals surface area contributed by atoms with Gasteiger partial charge in [0.2, 0.25) is 11.8 Å². The number of hydrogen-bond acceptors (Lipinski definition) is 5. The minimum atomic E-state index is -1.27. The van der Waals surface area contributed by atoms with Crippen LogP contribution >= 0.6 is 0 Å². The first kappa shape index (κ1) is 27.2. The standard InChI is InChI=1S/C24H37N3O5/c1-9-17-11-10-12-18(13-17)20(21(29)25-15(2)3)27(16(4)5)22(30)19(14-28)26-23(31)32-24(6,7)8/h9-13,15-16,19-20,28H,1,14H2,2-8H3,(H,25,29)(H,26,31). The molecule has 2 atom stereocenters. The summed E-state index contributed by atoms with van der Waals surface area (Å²) in [6, 6.07) is 4.37. The third-order valence-electron chi connectivity index (χ3n) is 4.40. The summed E-state index contributed by atoms with van der Waals surface area (Å²) >= 11 is 0. The maximum absolute atomic E-state index is 13.5. The molecule has 0 spiro atoms. The summed E-state index contributed by atoms with van der Waals surface area (Å²) in [6.45, 7) is 15.4. The number of nitrogens with zero attached hydrogens (tertiary/aromatic N) is 1. The van der Waals surface area contributed by atoms with Gasteiger partial charge in [-0.3, -0.25) is 9.59 Å². The van der Waals surface area contributed by atoms with E-state index in [4.69, 9.17) is 4.74 Å². The Labute approximate surface area is 191 Å². The molecule has 178 valence electrons. The lowest BCUT2D eigenvalue weighted by Crippen LogP contribution is -2.56. The van der Waals surface area contributed by atoms with Crippen LogP contribution in [0.1, 0.15) is 65.6 Å². The van der Waals surface area contributed by atoms with Crippen molar-refractivity contribution in [2.75, 3.05) is 6.61 Å². The second kappa shape index (κ2) is 11.7. The normalized spacial score (nSPS) is 13.3. The second-order valence-corrected chi connectivity index (χ2v) is 9.16. The zero-order valence-corrected chi connectivity index (χ0v) is 20.1. The number of carbonyl (C=O) groups excluding carboxylic acids is 3. The topological polar surface area (TPSA) is 108 Å². The molecule has 3 N–H and O–H groups in total. The first-order valence-electron chi connectivity index (χ1n) is 10.8. The number of nitrogens with one attached hydrogen (secondary N) is 2. The van der Waals surface area contributed by atoms with Gasteiger partial charge in [-0.2, -0.15) is 0 Å². The quantitative estimate of drug-likeness (QED) is 0.539. The van der Waals surface area contributed by atoms with Crippen LogP contribution in [0.4, 0.5) is 4.79 Å². The van der Waals surface area contributed by atoms with Crippen molar-refractivity contribution in [2.45, 2.75) is 78.2 Å². The predicted molar refractivity (Wildman–Crippen MR) is 125 cm³/mol. The van der Waals surface area contributed by atoms with Gasteiger partial charge in [0.1, 0.15) is 17.7 Å². The molecule has 0 saturated carbocycles. The van der Waals surface area contributed by atoms with Crippen molar-refractivity contribution < 1.29 is 24.2 Å². The molecule has 0 heterocycles. The fraction of sp³-hybridized carbons (Fsp3) is 0.542. The summed E-state index contributed by atoms with van der Waals surface area (Å²) in [5.74, 6) is -0.960. The number of ether oxygens (including phenoxy) is 1. The molecule has 0 bridgehead atoms. The van der Waals surface area contributed by atoms with Crippen molar-refractivity contribution >= 4 is 24.0 Å². The SMILES string of the molecule is C=Cc1cccc(C(C(=O)NC(C)C)N(C(=O)C(CO)NC(=O)OC(C)(C)C)C(C)C)c1. The average Bonchev–Trinajstić information content (AvgIpc) is 2.67. The van der Waals surface area contributed by atoms with Crippen LogP contribution in [-0.2, 0) is 14.3 Å². The molecule has 0 aliphatic carbocycles. The highest BCUT2D eigenvalue weighted by atomic mass is 16.6. The van der Waals surface area contributed by atoms with E-state index in [0.29, 0.717) is 5.56 Å². The van der Waals surface area contributed by atoms with Gasteiger partial charge >= 0.3 is 6.09 Å². The van der Waals surface area contributed by atoms with Crippen LogP contribution in [0.15, 0.2) is 30.8 Å². The number of benzene rings is 1. The minimum Gasteiger partial charge on any atom is -0.444 e. The van der Waals surface area contributed by atoms with Crippen molar-refractivity contribution in [1.29, 1.82) is 0 Å². The highest BCUT2D eigenvalue weighted by Gasteiger charge is 2.37. The van der Waals surface area contributed by atoms with Gasteiger partial charge in [-0.15, -0.1) is 0 Å². The lowest BCUT2D eigenvalue weighted by molar-refractivity contribution is -0.145. The summed E-state index contributed by atoms with van der Waals surface area (Å²) < 4.78 is 5.21. The van der Waals surface area contributed by atoms with E-state index in [0.717, 1.165) is 5.56 Å². The van der Waals surface area contributed by atoms with Crippen LogP contribution < -0.4 is 10.6 Å². The Bertz CT molecular complexity index is 814. The number of aliphatic hydroxyl groups is 1. The second-order valence-electron chi connectivity index (χ2n) is 9.16. The zero-order chi connectivity index (χ0) is 24.6. The Kier molecular flexibility index (Phi) is 9.90. The van der Waals surface area contributed by atoms with E-state index in [1.54, 1.807) is 58.9 Å². The summed E-state index contributed by atoms with van der Waals surface area (Å²) in [5.41, 5.74) is 0.624. The molecule has 1 rings (SSSR count). The number of amides is 3. The zero-order valence-electron chi connectivity index (χ0n) is 20.1. The molecule has 8 nitrogen and oxygen atoms in total. The van der Waals surface area contributed by atoms with Crippen molar-refractivity contribution in [3.63, 3.8) is 0 Å². The van der Waals surface area contributed by atoms with E-state index in [9.17, 15) is 19.5 Å². The molecule has 1 aromatic carbocycles. The van der Waals surface area contributed by atoms with Gasteiger partial charge < -0.3 is 25.4 Å². The smallest absolute Gasteiger partial charge is 0.408 e. The van der Waals surface area contributed by atoms with E-state index < -0.39 is 42.3 Å². The maximum Gasteiger partial charge on any atom is 0.408 e. The third kappa shape index (κ3) is 8.00. The van der Waals surface area contributed by atoms with Crippen molar-refractivity contribution in [1.82, 2.24) is 15.5 Å². The molecule has 8 heteroatoms. The molecule has 3 amide bonds. The van der Waals surface area contributed by atoms with Crippen LogP contribution in [0.25, 0.3) is 6.08 Å². The Morgan fingerprint density at radius 3 is 2.25 bits per heavy atom. The van der Waals surface area contributed by atoms with Gasteiger partial charge in [0, 0.05) is 12.1 Å². The van der Waals surface area contributed by atoms with Gasteiger partial charge in [-0.25, -0.2) is 4.79 Å². The van der Waals surface area contributed by atoms with Gasteiger partial charge in [0.05, 0.1) is 6.61 Å². The third-order valence-corrected chi connectivity index (χ3v) is 4.40. The molecule has 0 aromatic heterocycles. The lowest BCUT2D eigenvalue weighted by Gasteiger charge is -2.37. The summed E-state index contributed by atoms with van der Waals surface area (Å²) in [7, 11) is 0. The van der Waals surface area contributed by atoms with Crippen LogP contribution in [0.3, 0.4) is 0 Å². The van der Waals surface area contributed by atoms with Crippen LogP contribution in [0.5, 0.6) is 0 Å². The number of alkyl carbamates (subject to hydrolysis) is 1. The average molecular weight is 448 g/mol. The molecule has 0 saturated heterocycles. The monoisotopic (exact) mass is 447 g/mol. The molecule has 32 heavy (non-hydrogen) atoms. The Morgan fingerprint density at radius 2 is 1.78 bits per heavy atom. The van der Waals surface area contributed by atoms with E-state index in [1.165, 1.54) is 4.90 Å². The number of aliphatic hydroxyl groups excluding tert-OH is 1. The Hall–Kier alpha value is -2.87. The fourth-order valence-corrected chi connectivity index (χ4v) is 3.15. The van der Waals surface area contributed by atoms with Crippen LogP contribution in [0, 0.1) is 0 Å². The van der Waals surface area contributed by atoms with E-state index in [2.05, 4.69) is 17.2 Å². The highest BCUT2D eigenvalue weighted by Crippen LogP contribution is 2.26. The highest BCUT2D eigenvalue weighted by molar-refractivity contribution is 5.92. The summed E-state index contributed by atoms with van der Waals surface area (Å²) in [4.78, 5) is 40.3. The lowest BCUT2D eigenvalue weighted by atomic mass is 9.99.